The van der Waals surface area contributed by atoms with Crippen LogP contribution in [-0.2, 0) is 20.9 Å². The summed E-state index contributed by atoms with van der Waals surface area (Å²) in [7, 11) is 1.52. The number of fused-ring (bicyclic) bond motifs is 3. The van der Waals surface area contributed by atoms with E-state index in [1.165, 1.54) is 16.8 Å². The Balaban J connectivity index is 1.42. The number of rotatable bonds is 4. The van der Waals surface area contributed by atoms with Crippen LogP contribution in [0.4, 0.5) is 5.69 Å². The summed E-state index contributed by atoms with van der Waals surface area (Å²) in [6.07, 6.45) is 0.304. The second kappa shape index (κ2) is 7.09. The molecule has 0 N–H and O–H groups in total. The Bertz CT molecular complexity index is 1190. The average molecular weight is 417 g/mol. The van der Waals surface area contributed by atoms with E-state index in [-0.39, 0.29) is 31.3 Å². The van der Waals surface area contributed by atoms with Crippen molar-refractivity contribution in [2.75, 3.05) is 11.9 Å². The van der Waals surface area contributed by atoms with Gasteiger partial charge in [-0.25, -0.2) is 4.79 Å². The normalized spacial score (nSPS) is 19.9. The Labute approximate surface area is 178 Å². The number of hydrogen-bond acceptors (Lipinski definition) is 6. The lowest BCUT2D eigenvalue weighted by atomic mass is 9.97. The maximum Gasteiger partial charge on any atom is 0.354 e. The van der Waals surface area contributed by atoms with Crippen LogP contribution in [0.5, 0.6) is 0 Å². The molecule has 2 aromatic carbocycles. The third kappa shape index (κ3) is 2.83. The van der Waals surface area contributed by atoms with Gasteiger partial charge in [0, 0.05) is 31.5 Å². The van der Waals surface area contributed by atoms with Gasteiger partial charge in [-0.3, -0.25) is 14.5 Å². The number of anilines is 1. The summed E-state index contributed by atoms with van der Waals surface area (Å²) in [5, 5.41) is 3.96. The Morgan fingerprint density at radius 2 is 1.87 bits per heavy atom. The van der Waals surface area contributed by atoms with Gasteiger partial charge >= 0.3 is 5.97 Å². The lowest BCUT2D eigenvalue weighted by molar-refractivity contribution is -0.158. The zero-order chi connectivity index (χ0) is 21.6. The molecule has 2 aliphatic rings. The Hall–Kier alpha value is -3.94. The van der Waals surface area contributed by atoms with Crippen molar-refractivity contribution < 1.29 is 23.6 Å². The van der Waals surface area contributed by atoms with Crippen molar-refractivity contribution in [1.82, 2.24) is 10.1 Å². The van der Waals surface area contributed by atoms with Crippen LogP contribution in [0.2, 0.25) is 0 Å². The van der Waals surface area contributed by atoms with Gasteiger partial charge in [-0.2, -0.15) is 0 Å². The minimum absolute atomic E-state index is 0.136. The molecule has 3 heterocycles. The zero-order valence-corrected chi connectivity index (χ0v) is 16.8. The zero-order valence-electron chi connectivity index (χ0n) is 16.8. The number of nitrogens with zero attached hydrogens (tertiary/aromatic N) is 3. The van der Waals surface area contributed by atoms with E-state index < -0.39 is 11.6 Å². The van der Waals surface area contributed by atoms with Gasteiger partial charge in [0.05, 0.1) is 11.3 Å². The molecule has 1 aromatic heterocycles. The number of carbonyl (C=O) groups is 3. The van der Waals surface area contributed by atoms with E-state index in [1.54, 1.807) is 30.3 Å². The first kappa shape index (κ1) is 19.0. The lowest BCUT2D eigenvalue weighted by Crippen LogP contribution is -2.67. The lowest BCUT2D eigenvalue weighted by Gasteiger charge is -2.46. The maximum absolute atomic E-state index is 13.3. The molecular weight excluding hydrogens is 398 g/mol. The van der Waals surface area contributed by atoms with Gasteiger partial charge in [0.2, 0.25) is 11.6 Å². The van der Waals surface area contributed by atoms with E-state index in [0.717, 1.165) is 5.56 Å². The summed E-state index contributed by atoms with van der Waals surface area (Å²) in [4.78, 5) is 41.7. The minimum atomic E-state index is -1.51. The fourth-order valence-electron chi connectivity index (χ4n) is 4.26. The van der Waals surface area contributed by atoms with Crippen LogP contribution in [0.1, 0.15) is 28.9 Å². The van der Waals surface area contributed by atoms with Crippen molar-refractivity contribution in [2.45, 2.75) is 25.1 Å². The van der Waals surface area contributed by atoms with Crippen LogP contribution in [-0.4, -0.2) is 40.6 Å². The number of aromatic nitrogens is 1. The van der Waals surface area contributed by atoms with Gasteiger partial charge in [0.1, 0.15) is 12.3 Å². The molecule has 0 bridgehead atoms. The molecule has 0 aliphatic carbocycles. The molecule has 5 rings (SSSR count). The van der Waals surface area contributed by atoms with Crippen LogP contribution >= 0.6 is 0 Å². The maximum atomic E-state index is 13.3. The number of ether oxygens (including phenoxy) is 1. The topological polar surface area (TPSA) is 93.0 Å². The molecule has 156 valence electrons. The fraction of sp³-hybridized carbons (Fsp3) is 0.217. The first-order chi connectivity index (χ1) is 15.0. The summed E-state index contributed by atoms with van der Waals surface area (Å²) in [5.74, 6) is -0.669. The Morgan fingerprint density at radius 1 is 1.13 bits per heavy atom. The van der Waals surface area contributed by atoms with Gasteiger partial charge in [-0.05, 0) is 12.1 Å². The summed E-state index contributed by atoms with van der Waals surface area (Å²) in [6, 6.07) is 17.9. The van der Waals surface area contributed by atoms with E-state index in [4.69, 9.17) is 9.26 Å². The third-order valence-corrected chi connectivity index (χ3v) is 5.84. The van der Waals surface area contributed by atoms with E-state index in [1.807, 2.05) is 30.3 Å². The standard InChI is InChI=1S/C23H19N3O5/c1-25-21(28)17-9-5-6-10-18(17)26-20(27)11-12-23(25,26)22(29)30-14-16-13-19(31-24-16)15-7-3-2-4-8-15/h2-10,13H,11-12,14H2,1H3. The molecule has 8 heteroatoms. The monoisotopic (exact) mass is 417 g/mol. The van der Waals surface area contributed by atoms with Crippen molar-refractivity contribution in [3.63, 3.8) is 0 Å². The molecule has 0 spiro atoms. The van der Waals surface area contributed by atoms with Crippen molar-refractivity contribution in [3.8, 4) is 11.3 Å². The van der Waals surface area contributed by atoms with Crippen LogP contribution in [0.15, 0.2) is 65.2 Å². The minimum Gasteiger partial charge on any atom is -0.456 e. The van der Waals surface area contributed by atoms with Crippen molar-refractivity contribution >= 4 is 23.5 Å². The predicted octanol–water partition coefficient (Wildman–Crippen LogP) is 2.99. The van der Waals surface area contributed by atoms with Crippen molar-refractivity contribution in [2.24, 2.45) is 0 Å². The van der Waals surface area contributed by atoms with E-state index in [2.05, 4.69) is 5.16 Å². The third-order valence-electron chi connectivity index (χ3n) is 5.84. The number of amides is 2. The summed E-state index contributed by atoms with van der Waals surface area (Å²) >= 11 is 0. The summed E-state index contributed by atoms with van der Waals surface area (Å²) in [6.45, 7) is -0.136. The van der Waals surface area contributed by atoms with Crippen LogP contribution in [0.3, 0.4) is 0 Å². The fourth-order valence-corrected chi connectivity index (χ4v) is 4.26. The predicted molar refractivity (Wildman–Crippen MR) is 110 cm³/mol. The highest BCUT2D eigenvalue weighted by atomic mass is 16.5. The highest BCUT2D eigenvalue weighted by Gasteiger charge is 2.60. The Kier molecular flexibility index (Phi) is 4.35. The molecule has 0 radical (unpaired) electrons. The van der Waals surface area contributed by atoms with E-state index in [0.29, 0.717) is 22.7 Å². The molecule has 1 unspecified atom stereocenters. The van der Waals surface area contributed by atoms with Crippen LogP contribution < -0.4 is 4.90 Å². The van der Waals surface area contributed by atoms with Crippen LogP contribution in [0.25, 0.3) is 11.3 Å². The second-order valence-electron chi connectivity index (χ2n) is 7.55. The second-order valence-corrected chi connectivity index (χ2v) is 7.55. The van der Waals surface area contributed by atoms with Gasteiger partial charge < -0.3 is 14.2 Å². The molecular formula is C23H19N3O5. The molecule has 1 saturated heterocycles. The van der Waals surface area contributed by atoms with Gasteiger partial charge in [-0.15, -0.1) is 0 Å². The van der Waals surface area contributed by atoms with Gasteiger partial charge in [0.15, 0.2) is 5.76 Å². The van der Waals surface area contributed by atoms with Gasteiger partial charge in [0.25, 0.3) is 5.91 Å². The Morgan fingerprint density at radius 3 is 2.68 bits per heavy atom. The largest absolute Gasteiger partial charge is 0.456 e. The quantitative estimate of drug-likeness (QED) is 0.606. The summed E-state index contributed by atoms with van der Waals surface area (Å²) < 4.78 is 10.9. The molecule has 8 nitrogen and oxygen atoms in total. The number of likely N-dealkylation sites (N-methyl/N-ethyl adjacent to an activating group) is 1. The molecule has 3 aromatic rings. The SMILES string of the molecule is CN1C(=O)c2ccccc2N2C(=O)CCC12C(=O)OCc1cc(-c2ccccc2)on1. The highest BCUT2D eigenvalue weighted by molar-refractivity contribution is 6.15. The molecule has 1 fully saturated rings. The number of benzene rings is 2. The molecule has 2 amide bonds. The van der Waals surface area contributed by atoms with Crippen LogP contribution in [0, 0.1) is 0 Å². The van der Waals surface area contributed by atoms with Crippen molar-refractivity contribution in [1.29, 1.82) is 0 Å². The first-order valence-electron chi connectivity index (χ1n) is 9.91. The number of hydrogen-bond donors (Lipinski definition) is 0. The smallest absolute Gasteiger partial charge is 0.354 e. The number of esters is 1. The number of para-hydroxylation sites is 1. The molecule has 2 aliphatic heterocycles. The summed E-state index contributed by atoms with van der Waals surface area (Å²) in [5.41, 5.74) is 0.595. The highest BCUT2D eigenvalue weighted by Crippen LogP contribution is 2.44. The van der Waals surface area contributed by atoms with Gasteiger partial charge in [-0.1, -0.05) is 47.6 Å². The molecule has 1 atom stereocenters. The average Bonchev–Trinajstić information content (AvgIpc) is 3.42. The van der Waals surface area contributed by atoms with Crippen molar-refractivity contribution in [3.05, 3.63) is 71.9 Å². The number of carbonyl (C=O) groups excluding carboxylic acids is 3. The van der Waals surface area contributed by atoms with E-state index in [9.17, 15) is 14.4 Å². The molecule has 0 saturated carbocycles. The molecule has 31 heavy (non-hydrogen) atoms. The van der Waals surface area contributed by atoms with E-state index >= 15 is 0 Å². The first-order valence-corrected chi connectivity index (χ1v) is 9.91.